The van der Waals surface area contributed by atoms with Crippen LogP contribution in [0.1, 0.15) is 52.4 Å². The zero-order chi connectivity index (χ0) is 9.73. The second-order valence-corrected chi connectivity index (χ2v) is 8.41. The fraction of sp³-hybridized carbons (Fsp3) is 1.00. The van der Waals surface area contributed by atoms with Gasteiger partial charge in [0.2, 0.25) is 0 Å². The molecule has 1 nitrogen and oxygen atoms in total. The Balaban J connectivity index is 2.54. The molecule has 1 aliphatic rings. The lowest BCUT2D eigenvalue weighted by Crippen LogP contribution is -2.55. The van der Waals surface area contributed by atoms with Crippen LogP contribution in [0.3, 0.4) is 0 Å². The molecule has 0 bridgehead atoms. The van der Waals surface area contributed by atoms with E-state index in [1.807, 2.05) is 0 Å². The third-order valence-electron chi connectivity index (χ3n) is 3.61. The fourth-order valence-electron chi connectivity index (χ4n) is 2.91. The van der Waals surface area contributed by atoms with Crippen LogP contribution in [0.25, 0.3) is 0 Å². The van der Waals surface area contributed by atoms with Gasteiger partial charge in [0.25, 0.3) is 0 Å². The normalized spacial score (nSPS) is 34.8. The highest BCUT2D eigenvalue weighted by Gasteiger charge is 2.36. The Morgan fingerprint density at radius 1 is 1.23 bits per heavy atom. The molecule has 1 heterocycles. The zero-order valence-electron chi connectivity index (χ0n) is 9.31. The molecule has 0 aromatic carbocycles. The summed E-state index contributed by atoms with van der Waals surface area (Å²) in [4.78, 5) is 0. The van der Waals surface area contributed by atoms with Crippen LogP contribution in [0.5, 0.6) is 0 Å². The Morgan fingerprint density at radius 3 is 2.62 bits per heavy atom. The lowest BCUT2D eigenvalue weighted by atomic mass is 10.0. The molecule has 0 amide bonds. The summed E-state index contributed by atoms with van der Waals surface area (Å²) in [5.74, 6) is 0. The molecule has 1 saturated heterocycles. The fourth-order valence-corrected chi connectivity index (χ4v) is 7.14. The van der Waals surface area contributed by atoms with Crippen molar-refractivity contribution in [3.8, 4) is 0 Å². The molecule has 2 unspecified atom stereocenters. The van der Waals surface area contributed by atoms with E-state index in [0.29, 0.717) is 5.16 Å². The van der Waals surface area contributed by atoms with Crippen molar-refractivity contribution in [3.63, 3.8) is 0 Å². The lowest BCUT2D eigenvalue weighted by molar-refractivity contribution is 0.439. The van der Waals surface area contributed by atoms with Gasteiger partial charge in [-0.05, 0) is 12.8 Å². The van der Waals surface area contributed by atoms with E-state index in [4.69, 9.17) is 5.73 Å². The van der Waals surface area contributed by atoms with E-state index in [2.05, 4.69) is 13.8 Å². The highest BCUT2D eigenvalue weighted by molar-refractivity contribution is 6.62. The van der Waals surface area contributed by atoms with Crippen molar-refractivity contribution >= 4 is 8.80 Å². The Bertz CT molecular complexity index is 143. The van der Waals surface area contributed by atoms with Crippen LogP contribution >= 0.6 is 0 Å². The van der Waals surface area contributed by atoms with Gasteiger partial charge in [-0.1, -0.05) is 51.6 Å². The molecule has 1 fully saturated rings. The second-order valence-electron chi connectivity index (χ2n) is 4.71. The van der Waals surface area contributed by atoms with Gasteiger partial charge >= 0.3 is 0 Å². The second kappa shape index (κ2) is 5.16. The maximum Gasteiger partial charge on any atom is 0.0603 e. The Hall–Kier alpha value is 0.177. The van der Waals surface area contributed by atoms with Crippen LogP contribution in [0.2, 0.25) is 12.1 Å². The summed E-state index contributed by atoms with van der Waals surface area (Å²) in [6.45, 7) is 4.59. The van der Waals surface area contributed by atoms with Crippen LogP contribution in [-0.4, -0.2) is 14.0 Å². The van der Waals surface area contributed by atoms with Gasteiger partial charge < -0.3 is 5.73 Å². The number of nitrogens with two attached hydrogens (primary N) is 1. The SMILES string of the molecule is CCC[SiH]1CCCCC1(N)CCC. The van der Waals surface area contributed by atoms with Crippen molar-refractivity contribution < 1.29 is 0 Å². The van der Waals surface area contributed by atoms with Crippen molar-refractivity contribution in [2.45, 2.75) is 69.6 Å². The third-order valence-corrected chi connectivity index (χ3v) is 8.19. The minimum absolute atomic E-state index is 0.336. The van der Waals surface area contributed by atoms with Gasteiger partial charge in [0.05, 0.1) is 8.80 Å². The number of hydrogen-bond donors (Lipinski definition) is 1. The van der Waals surface area contributed by atoms with E-state index in [1.165, 1.54) is 50.6 Å². The van der Waals surface area contributed by atoms with Gasteiger partial charge in [-0.3, -0.25) is 0 Å². The van der Waals surface area contributed by atoms with Crippen molar-refractivity contribution in [1.29, 1.82) is 0 Å². The summed E-state index contributed by atoms with van der Waals surface area (Å²) in [6, 6.07) is 3.00. The Labute approximate surface area is 84.7 Å². The average molecular weight is 199 g/mol. The van der Waals surface area contributed by atoms with E-state index in [9.17, 15) is 0 Å². The lowest BCUT2D eigenvalue weighted by Gasteiger charge is -2.40. The monoisotopic (exact) mass is 199 g/mol. The van der Waals surface area contributed by atoms with E-state index >= 15 is 0 Å². The molecule has 0 aromatic heterocycles. The molecule has 78 valence electrons. The molecule has 2 atom stereocenters. The molecule has 0 radical (unpaired) electrons. The summed E-state index contributed by atoms with van der Waals surface area (Å²) in [5.41, 5.74) is 6.56. The minimum Gasteiger partial charge on any atom is -0.328 e. The summed E-state index contributed by atoms with van der Waals surface area (Å²) in [5, 5.41) is 0.336. The standard InChI is InChI=1S/C11H25NSi/c1-3-7-11(12)8-5-6-10-13(11)9-4-2/h13H,3-10,12H2,1-2H3. The minimum atomic E-state index is -0.596. The van der Waals surface area contributed by atoms with Crippen LogP contribution in [0, 0.1) is 0 Å². The van der Waals surface area contributed by atoms with Gasteiger partial charge in [-0.15, -0.1) is 0 Å². The highest BCUT2D eigenvalue weighted by Crippen LogP contribution is 2.32. The predicted octanol–water partition coefficient (Wildman–Crippen LogP) is 2.84. The van der Waals surface area contributed by atoms with Crippen LogP contribution < -0.4 is 5.73 Å². The molecule has 0 aromatic rings. The molecule has 1 aliphatic heterocycles. The van der Waals surface area contributed by atoms with E-state index < -0.39 is 8.80 Å². The number of rotatable bonds is 4. The van der Waals surface area contributed by atoms with Crippen molar-refractivity contribution in [2.24, 2.45) is 5.73 Å². The largest absolute Gasteiger partial charge is 0.328 e. The molecule has 0 spiro atoms. The Morgan fingerprint density at radius 2 is 2.00 bits per heavy atom. The van der Waals surface area contributed by atoms with Crippen LogP contribution in [0.15, 0.2) is 0 Å². The van der Waals surface area contributed by atoms with Crippen molar-refractivity contribution in [3.05, 3.63) is 0 Å². The van der Waals surface area contributed by atoms with E-state index in [0.717, 1.165) is 0 Å². The number of hydrogen-bond acceptors (Lipinski definition) is 1. The first kappa shape index (κ1) is 11.3. The summed E-state index contributed by atoms with van der Waals surface area (Å²) in [6.07, 6.45) is 8.13. The first-order valence-electron chi connectivity index (χ1n) is 6.02. The molecule has 1 rings (SSSR count). The van der Waals surface area contributed by atoms with Gasteiger partial charge in [0.15, 0.2) is 0 Å². The molecular formula is C11H25NSi. The first-order valence-corrected chi connectivity index (χ1v) is 8.23. The molecule has 2 N–H and O–H groups in total. The van der Waals surface area contributed by atoms with Gasteiger partial charge in [0.1, 0.15) is 0 Å². The summed E-state index contributed by atoms with van der Waals surface area (Å²) in [7, 11) is -0.596. The zero-order valence-corrected chi connectivity index (χ0v) is 10.5. The van der Waals surface area contributed by atoms with Crippen molar-refractivity contribution in [2.75, 3.05) is 0 Å². The van der Waals surface area contributed by atoms with Gasteiger partial charge in [-0.2, -0.15) is 0 Å². The third kappa shape index (κ3) is 2.81. The highest BCUT2D eigenvalue weighted by atomic mass is 28.3. The van der Waals surface area contributed by atoms with E-state index in [1.54, 1.807) is 0 Å². The summed E-state index contributed by atoms with van der Waals surface area (Å²) < 4.78 is 0. The van der Waals surface area contributed by atoms with Crippen LogP contribution in [-0.2, 0) is 0 Å². The van der Waals surface area contributed by atoms with Gasteiger partial charge in [-0.25, -0.2) is 0 Å². The van der Waals surface area contributed by atoms with Crippen LogP contribution in [0.4, 0.5) is 0 Å². The first-order chi connectivity index (χ1) is 6.23. The van der Waals surface area contributed by atoms with E-state index in [-0.39, 0.29) is 0 Å². The topological polar surface area (TPSA) is 26.0 Å². The molecule has 0 saturated carbocycles. The maximum atomic E-state index is 6.56. The maximum absolute atomic E-state index is 6.56. The molecule has 0 aliphatic carbocycles. The quantitative estimate of drug-likeness (QED) is 0.692. The molecule has 13 heavy (non-hydrogen) atoms. The predicted molar refractivity (Wildman–Crippen MR) is 62.7 cm³/mol. The van der Waals surface area contributed by atoms with Gasteiger partial charge in [0, 0.05) is 5.16 Å². The Kier molecular flexibility index (Phi) is 4.46. The van der Waals surface area contributed by atoms with Crippen molar-refractivity contribution in [1.82, 2.24) is 0 Å². The smallest absolute Gasteiger partial charge is 0.0603 e. The molecule has 2 heteroatoms. The molecular weight excluding hydrogens is 174 g/mol. The summed E-state index contributed by atoms with van der Waals surface area (Å²) >= 11 is 0. The average Bonchev–Trinajstić information content (AvgIpc) is 2.10.